The third kappa shape index (κ3) is 5.47. The molecule has 1 aromatic carbocycles. The Morgan fingerprint density at radius 2 is 1.89 bits per heavy atom. The van der Waals surface area contributed by atoms with Gasteiger partial charge in [-0.3, -0.25) is 4.79 Å². The van der Waals surface area contributed by atoms with Gasteiger partial charge in [-0.05, 0) is 50.1 Å². The molecule has 0 aliphatic rings. The van der Waals surface area contributed by atoms with Crippen LogP contribution in [0.5, 0.6) is 11.5 Å². The molecule has 1 N–H and O–H groups in total. The molecule has 0 radical (unpaired) electrons. The monoisotopic (exact) mass is 402 g/mol. The van der Waals surface area contributed by atoms with E-state index >= 15 is 0 Å². The van der Waals surface area contributed by atoms with Crippen molar-refractivity contribution < 1.29 is 23.8 Å². The van der Waals surface area contributed by atoms with Gasteiger partial charge in [-0.15, -0.1) is 11.3 Å². The summed E-state index contributed by atoms with van der Waals surface area (Å²) in [6, 6.07) is 9.22. The van der Waals surface area contributed by atoms with Crippen molar-refractivity contribution in [3.63, 3.8) is 0 Å². The second-order valence-electron chi connectivity index (χ2n) is 5.77. The van der Waals surface area contributed by atoms with Crippen LogP contribution in [-0.2, 0) is 9.53 Å². The number of ether oxygens (including phenoxy) is 3. The van der Waals surface area contributed by atoms with Crippen LogP contribution in [0.2, 0.25) is 0 Å². The molecule has 0 atom stereocenters. The van der Waals surface area contributed by atoms with Gasteiger partial charge in [-0.1, -0.05) is 0 Å². The van der Waals surface area contributed by atoms with Gasteiger partial charge in [0.25, 0.3) is 0 Å². The molecule has 0 aliphatic carbocycles. The van der Waals surface area contributed by atoms with E-state index < -0.39 is 5.97 Å². The van der Waals surface area contributed by atoms with E-state index in [1.165, 1.54) is 0 Å². The maximum Gasteiger partial charge on any atom is 0.348 e. The zero-order chi connectivity index (χ0) is 20.5. The predicted molar refractivity (Wildman–Crippen MR) is 106 cm³/mol. The number of hydrogen-bond donors (Lipinski definition) is 1. The van der Waals surface area contributed by atoms with E-state index in [9.17, 15) is 14.9 Å². The highest BCUT2D eigenvalue weighted by molar-refractivity contribution is 7.18. The number of benzene rings is 1. The van der Waals surface area contributed by atoms with E-state index in [4.69, 9.17) is 14.2 Å². The summed E-state index contributed by atoms with van der Waals surface area (Å²) in [4.78, 5) is 24.5. The number of thiophene rings is 1. The molecule has 2 rings (SSSR count). The molecule has 0 unspecified atom stereocenters. The zero-order valence-electron chi connectivity index (χ0n) is 16.0. The lowest BCUT2D eigenvalue weighted by atomic mass is 10.1. The van der Waals surface area contributed by atoms with Gasteiger partial charge in [0.05, 0.1) is 25.9 Å². The number of nitrogens with zero attached hydrogens (tertiary/aromatic N) is 1. The number of hydrogen-bond acceptors (Lipinski definition) is 7. The van der Waals surface area contributed by atoms with Crippen LogP contribution < -0.4 is 14.8 Å². The lowest BCUT2D eigenvalue weighted by Crippen LogP contribution is -2.12. The first kappa shape index (κ1) is 21.3. The van der Waals surface area contributed by atoms with Crippen LogP contribution in [-0.4, -0.2) is 32.2 Å². The Bertz CT molecular complexity index is 868. The molecule has 0 saturated heterocycles. The minimum absolute atomic E-state index is 0.229. The van der Waals surface area contributed by atoms with Crippen molar-refractivity contribution in [2.45, 2.75) is 26.7 Å². The number of nitriles is 1. The maximum atomic E-state index is 12.2. The van der Waals surface area contributed by atoms with Crippen molar-refractivity contribution in [1.82, 2.24) is 0 Å². The van der Waals surface area contributed by atoms with E-state index in [2.05, 4.69) is 5.32 Å². The summed E-state index contributed by atoms with van der Waals surface area (Å²) in [6.45, 7) is 4.00. The first-order valence-corrected chi connectivity index (χ1v) is 9.59. The molecule has 1 aromatic heterocycles. The molecule has 148 valence electrons. The van der Waals surface area contributed by atoms with Crippen LogP contribution >= 0.6 is 11.3 Å². The van der Waals surface area contributed by atoms with Gasteiger partial charge in [-0.2, -0.15) is 5.26 Å². The summed E-state index contributed by atoms with van der Waals surface area (Å²) < 4.78 is 15.7. The number of carbonyl (C=O) groups is 2. The number of carbonyl (C=O) groups excluding carboxylic acids is 2. The number of rotatable bonds is 9. The van der Waals surface area contributed by atoms with Gasteiger partial charge in [0.15, 0.2) is 0 Å². The Morgan fingerprint density at radius 1 is 1.21 bits per heavy atom. The van der Waals surface area contributed by atoms with Gasteiger partial charge in [-0.25, -0.2) is 4.79 Å². The Kier molecular flexibility index (Phi) is 7.84. The highest BCUT2D eigenvalue weighted by atomic mass is 32.1. The SMILES string of the molecule is CCOC(=O)c1sc(NC(=O)CCCOc2ccc(OC)cc2)c(C#N)c1C. The zero-order valence-corrected chi connectivity index (χ0v) is 16.9. The molecule has 1 amide bonds. The highest BCUT2D eigenvalue weighted by Crippen LogP contribution is 2.33. The van der Waals surface area contributed by atoms with Crippen LogP contribution in [0, 0.1) is 18.3 Å². The van der Waals surface area contributed by atoms with E-state index in [-0.39, 0.29) is 24.5 Å². The molecule has 0 aliphatic heterocycles. The first-order valence-electron chi connectivity index (χ1n) is 8.77. The van der Waals surface area contributed by atoms with E-state index in [0.29, 0.717) is 34.2 Å². The lowest BCUT2D eigenvalue weighted by Gasteiger charge is -2.07. The Balaban J connectivity index is 1.87. The van der Waals surface area contributed by atoms with Crippen LogP contribution in [0.3, 0.4) is 0 Å². The lowest BCUT2D eigenvalue weighted by molar-refractivity contribution is -0.116. The third-order valence-corrected chi connectivity index (χ3v) is 5.04. The standard InChI is InChI=1S/C20H22N2O5S/c1-4-26-20(24)18-13(2)16(12-21)19(28-18)22-17(23)6-5-11-27-15-9-7-14(25-3)8-10-15/h7-10H,4-6,11H2,1-3H3,(H,22,23). The molecule has 0 fully saturated rings. The normalized spacial score (nSPS) is 10.1. The first-order chi connectivity index (χ1) is 13.5. The summed E-state index contributed by atoms with van der Waals surface area (Å²) in [5.74, 6) is 0.704. The van der Waals surface area contributed by atoms with Crippen LogP contribution in [0.1, 0.15) is 40.6 Å². The fourth-order valence-corrected chi connectivity index (χ4v) is 3.48. The molecule has 8 heteroatoms. The average molecular weight is 402 g/mol. The van der Waals surface area contributed by atoms with E-state index in [1.807, 2.05) is 6.07 Å². The molecule has 7 nitrogen and oxygen atoms in total. The molecule has 0 saturated carbocycles. The quantitative estimate of drug-likeness (QED) is 0.504. The van der Waals surface area contributed by atoms with Gasteiger partial charge in [0.1, 0.15) is 27.4 Å². The number of nitrogens with one attached hydrogen (secondary N) is 1. The Labute approximate surface area is 167 Å². The third-order valence-electron chi connectivity index (χ3n) is 3.85. The molecule has 0 bridgehead atoms. The van der Waals surface area contributed by atoms with E-state index in [0.717, 1.165) is 17.1 Å². The predicted octanol–water partition coefficient (Wildman–Crippen LogP) is 3.91. The molecule has 1 heterocycles. The van der Waals surface area contributed by atoms with Crippen LogP contribution in [0.4, 0.5) is 5.00 Å². The van der Waals surface area contributed by atoms with Gasteiger partial charge < -0.3 is 19.5 Å². The number of amides is 1. The number of methoxy groups -OCH3 is 1. The summed E-state index contributed by atoms with van der Waals surface area (Å²) >= 11 is 1.05. The summed E-state index contributed by atoms with van der Waals surface area (Å²) in [6.07, 6.45) is 0.738. The van der Waals surface area contributed by atoms with Crippen molar-refractivity contribution in [2.24, 2.45) is 0 Å². The Morgan fingerprint density at radius 3 is 2.50 bits per heavy atom. The number of anilines is 1. The van der Waals surface area contributed by atoms with Gasteiger partial charge in [0.2, 0.25) is 5.91 Å². The summed E-state index contributed by atoms with van der Waals surface area (Å²) in [5, 5.41) is 12.4. The second kappa shape index (κ2) is 10.3. The van der Waals surface area contributed by atoms with Crippen LogP contribution in [0.25, 0.3) is 0 Å². The van der Waals surface area contributed by atoms with Crippen molar-refractivity contribution in [3.05, 3.63) is 40.3 Å². The number of esters is 1. The van der Waals surface area contributed by atoms with Crippen molar-refractivity contribution in [3.8, 4) is 17.6 Å². The van der Waals surface area contributed by atoms with Crippen molar-refractivity contribution in [2.75, 3.05) is 25.6 Å². The minimum Gasteiger partial charge on any atom is -0.497 e. The molecule has 28 heavy (non-hydrogen) atoms. The maximum absolute atomic E-state index is 12.2. The smallest absolute Gasteiger partial charge is 0.348 e. The van der Waals surface area contributed by atoms with Crippen molar-refractivity contribution >= 4 is 28.2 Å². The molecular formula is C20H22N2O5S. The Hall–Kier alpha value is -3.05. The highest BCUT2D eigenvalue weighted by Gasteiger charge is 2.22. The van der Waals surface area contributed by atoms with Crippen LogP contribution in [0.15, 0.2) is 24.3 Å². The van der Waals surface area contributed by atoms with E-state index in [1.54, 1.807) is 45.2 Å². The van der Waals surface area contributed by atoms with Crippen molar-refractivity contribution in [1.29, 1.82) is 5.26 Å². The summed E-state index contributed by atoms with van der Waals surface area (Å²) in [7, 11) is 1.59. The largest absolute Gasteiger partial charge is 0.497 e. The average Bonchev–Trinajstić information content (AvgIpc) is 3.01. The minimum atomic E-state index is -0.491. The topological polar surface area (TPSA) is 97.7 Å². The molecular weight excluding hydrogens is 380 g/mol. The second-order valence-corrected chi connectivity index (χ2v) is 6.79. The molecule has 0 spiro atoms. The fraction of sp³-hybridized carbons (Fsp3) is 0.350. The molecule has 2 aromatic rings. The fourth-order valence-electron chi connectivity index (χ4n) is 2.41. The van der Waals surface area contributed by atoms with Gasteiger partial charge in [0, 0.05) is 6.42 Å². The van der Waals surface area contributed by atoms with Gasteiger partial charge >= 0.3 is 5.97 Å². The summed E-state index contributed by atoms with van der Waals surface area (Å²) in [5.41, 5.74) is 0.806.